The fourth-order valence-corrected chi connectivity index (χ4v) is 10.2. The summed E-state index contributed by atoms with van der Waals surface area (Å²) in [5, 5.41) is 4.49. The van der Waals surface area contributed by atoms with Crippen LogP contribution in [0.3, 0.4) is 0 Å². The quantitative estimate of drug-likeness (QED) is 0.168. The Hall–Kier alpha value is -8.41. The Balaban J connectivity index is 1.04. The van der Waals surface area contributed by atoms with E-state index in [1.807, 2.05) is 60.7 Å². The summed E-state index contributed by atoms with van der Waals surface area (Å²) in [6.45, 7) is 0. The van der Waals surface area contributed by atoms with E-state index in [1.54, 1.807) is 0 Å². The molecule has 1 aliphatic carbocycles. The van der Waals surface area contributed by atoms with Crippen LogP contribution in [-0.4, -0.2) is 19.5 Å². The first kappa shape index (κ1) is 35.4. The first-order valence-electron chi connectivity index (χ1n) is 21.3. The van der Waals surface area contributed by atoms with Crippen molar-refractivity contribution in [1.82, 2.24) is 19.5 Å². The van der Waals surface area contributed by atoms with E-state index < -0.39 is 5.41 Å². The smallest absolute Gasteiger partial charge is 0.164 e. The van der Waals surface area contributed by atoms with Crippen molar-refractivity contribution in [1.29, 1.82) is 0 Å². The normalized spacial score (nSPS) is 12.9. The minimum atomic E-state index is -0.521. The average Bonchev–Trinajstić information content (AvgIpc) is 4.00. The van der Waals surface area contributed by atoms with E-state index in [0.29, 0.717) is 17.5 Å². The van der Waals surface area contributed by atoms with Gasteiger partial charge < -0.3 is 8.98 Å². The third-order valence-electron chi connectivity index (χ3n) is 12.9. The first-order chi connectivity index (χ1) is 31.2. The van der Waals surface area contributed by atoms with Crippen molar-refractivity contribution in [2.45, 2.75) is 5.41 Å². The second-order valence-corrected chi connectivity index (χ2v) is 16.3. The maximum Gasteiger partial charge on any atom is 0.164 e. The van der Waals surface area contributed by atoms with E-state index >= 15 is 0 Å². The number of benzene rings is 9. The lowest BCUT2D eigenvalue weighted by Gasteiger charge is -2.34. The lowest BCUT2D eigenvalue weighted by Crippen LogP contribution is -2.28. The van der Waals surface area contributed by atoms with Crippen LogP contribution in [0.25, 0.3) is 94.7 Å². The molecule has 294 valence electrons. The van der Waals surface area contributed by atoms with Crippen LogP contribution in [0, 0.1) is 0 Å². The second-order valence-electron chi connectivity index (χ2n) is 16.3. The molecule has 0 radical (unpaired) electrons. The summed E-state index contributed by atoms with van der Waals surface area (Å²) in [6, 6.07) is 77.7. The molecule has 9 aromatic carbocycles. The van der Waals surface area contributed by atoms with E-state index in [-0.39, 0.29) is 0 Å². The maximum absolute atomic E-state index is 6.18. The van der Waals surface area contributed by atoms with Gasteiger partial charge in [-0.3, -0.25) is 0 Å². The Morgan fingerprint density at radius 3 is 1.70 bits per heavy atom. The van der Waals surface area contributed by atoms with Gasteiger partial charge in [0, 0.05) is 43.9 Å². The number of nitrogens with zero attached hydrogens (tertiary/aromatic N) is 4. The van der Waals surface area contributed by atoms with Crippen molar-refractivity contribution in [3.8, 4) is 51.0 Å². The number of hydrogen-bond acceptors (Lipinski definition) is 4. The Bertz CT molecular complexity index is 3700. The van der Waals surface area contributed by atoms with Crippen LogP contribution in [0.4, 0.5) is 0 Å². The van der Waals surface area contributed by atoms with Gasteiger partial charge in [-0.2, -0.15) is 0 Å². The molecule has 63 heavy (non-hydrogen) atoms. The second kappa shape index (κ2) is 13.8. The molecule has 0 saturated heterocycles. The number of fused-ring (bicyclic) bond motifs is 9. The zero-order valence-corrected chi connectivity index (χ0v) is 34.0. The molecule has 5 heteroatoms. The van der Waals surface area contributed by atoms with Crippen molar-refractivity contribution in [3.05, 3.63) is 241 Å². The number of hydrogen-bond donors (Lipinski definition) is 0. The minimum Gasteiger partial charge on any atom is -0.456 e. The molecule has 0 atom stereocenters. The predicted octanol–water partition coefficient (Wildman–Crippen LogP) is 14.2. The van der Waals surface area contributed by atoms with E-state index in [1.165, 1.54) is 44.2 Å². The molecule has 0 amide bonds. The van der Waals surface area contributed by atoms with Gasteiger partial charge in [-0.05, 0) is 88.0 Å². The number of rotatable bonds is 6. The monoisotopic (exact) mass is 804 g/mol. The van der Waals surface area contributed by atoms with Gasteiger partial charge in [0.15, 0.2) is 17.5 Å². The zero-order valence-electron chi connectivity index (χ0n) is 34.0. The average molecular weight is 805 g/mol. The van der Waals surface area contributed by atoms with Crippen LogP contribution in [0.5, 0.6) is 0 Å². The minimum absolute atomic E-state index is 0.521. The highest BCUT2D eigenvalue weighted by Crippen LogP contribution is 2.57. The summed E-state index contributed by atoms with van der Waals surface area (Å²) in [5.41, 5.74) is 14.7. The van der Waals surface area contributed by atoms with Crippen LogP contribution in [0.1, 0.15) is 22.3 Å². The fraction of sp³-hybridized carbons (Fsp3) is 0.0172. The number of para-hydroxylation sites is 2. The zero-order chi connectivity index (χ0) is 41.5. The molecule has 13 rings (SSSR count). The van der Waals surface area contributed by atoms with Crippen LogP contribution >= 0.6 is 0 Å². The Morgan fingerprint density at radius 1 is 0.349 bits per heavy atom. The molecule has 0 bridgehead atoms. The molecule has 0 aliphatic heterocycles. The summed E-state index contributed by atoms with van der Waals surface area (Å²) in [4.78, 5) is 15.4. The molecule has 0 unspecified atom stereocenters. The summed E-state index contributed by atoms with van der Waals surface area (Å²) >= 11 is 0. The Kier molecular flexibility index (Phi) is 7.75. The molecule has 0 fully saturated rings. The van der Waals surface area contributed by atoms with Gasteiger partial charge in [-0.25, -0.2) is 15.0 Å². The van der Waals surface area contributed by atoms with Gasteiger partial charge in [-0.15, -0.1) is 0 Å². The van der Waals surface area contributed by atoms with Gasteiger partial charge in [0.1, 0.15) is 11.2 Å². The lowest BCUT2D eigenvalue weighted by molar-refractivity contribution is 0.669. The molecule has 5 nitrogen and oxygen atoms in total. The van der Waals surface area contributed by atoms with Gasteiger partial charge in [0.05, 0.1) is 16.4 Å². The summed E-state index contributed by atoms with van der Waals surface area (Å²) in [5.74, 6) is 1.81. The fourth-order valence-electron chi connectivity index (χ4n) is 10.2. The third-order valence-corrected chi connectivity index (χ3v) is 12.9. The maximum atomic E-state index is 6.18. The summed E-state index contributed by atoms with van der Waals surface area (Å²) in [7, 11) is 0. The highest BCUT2D eigenvalue weighted by Gasteiger charge is 2.46. The number of furan rings is 1. The largest absolute Gasteiger partial charge is 0.456 e. The van der Waals surface area contributed by atoms with E-state index in [0.717, 1.165) is 55.3 Å². The van der Waals surface area contributed by atoms with Crippen molar-refractivity contribution < 1.29 is 4.42 Å². The summed E-state index contributed by atoms with van der Waals surface area (Å²) < 4.78 is 8.59. The van der Waals surface area contributed by atoms with Crippen LogP contribution in [-0.2, 0) is 5.41 Å². The van der Waals surface area contributed by atoms with Crippen molar-refractivity contribution in [2.24, 2.45) is 0 Å². The Labute approximate surface area is 363 Å². The molecule has 12 aromatic rings. The predicted molar refractivity (Wildman–Crippen MR) is 255 cm³/mol. The highest BCUT2D eigenvalue weighted by molar-refractivity contribution is 6.12. The molecule has 0 spiro atoms. The van der Waals surface area contributed by atoms with E-state index in [4.69, 9.17) is 19.4 Å². The summed E-state index contributed by atoms with van der Waals surface area (Å²) in [6.07, 6.45) is 0. The van der Waals surface area contributed by atoms with Gasteiger partial charge in [0.25, 0.3) is 0 Å². The Morgan fingerprint density at radius 2 is 0.937 bits per heavy atom. The topological polar surface area (TPSA) is 56.7 Å². The van der Waals surface area contributed by atoms with Crippen LogP contribution in [0.2, 0.25) is 0 Å². The van der Waals surface area contributed by atoms with E-state index in [2.05, 4.69) is 162 Å². The molecule has 1 aliphatic rings. The van der Waals surface area contributed by atoms with Crippen molar-refractivity contribution >= 4 is 43.7 Å². The lowest BCUT2D eigenvalue weighted by atomic mass is 9.67. The molecular weight excluding hydrogens is 769 g/mol. The van der Waals surface area contributed by atoms with Gasteiger partial charge >= 0.3 is 0 Å². The van der Waals surface area contributed by atoms with Crippen LogP contribution in [0.15, 0.2) is 223 Å². The van der Waals surface area contributed by atoms with Crippen molar-refractivity contribution in [3.63, 3.8) is 0 Å². The van der Waals surface area contributed by atoms with Gasteiger partial charge in [0.2, 0.25) is 0 Å². The molecule has 3 aromatic heterocycles. The van der Waals surface area contributed by atoms with Crippen LogP contribution < -0.4 is 0 Å². The first-order valence-corrected chi connectivity index (χ1v) is 21.3. The highest BCUT2D eigenvalue weighted by atomic mass is 16.3. The van der Waals surface area contributed by atoms with Gasteiger partial charge in [-0.1, -0.05) is 164 Å². The molecule has 0 saturated carbocycles. The van der Waals surface area contributed by atoms with E-state index in [9.17, 15) is 0 Å². The number of aromatic nitrogens is 4. The molecule has 3 heterocycles. The standard InChI is InChI=1S/C58H36N4O/c1-4-17-37(18-5-1)55-59-56(61-57(60-55)39-31-32-54-48(34-39)45-27-12-15-30-53(45)63-54)38-19-16-24-42(33-38)62-51-29-14-11-26-44(51)47-35-46-43-25-10-13-28-49(43)58(50(46)36-52(47)62,40-20-6-2-7-21-40)41-22-8-3-9-23-41/h1-36H. The molecular formula is C58H36N4O. The SMILES string of the molecule is c1ccc(-c2nc(-c3cccc(-n4c5ccccc5c5cc6c(cc54)C(c4ccccc4)(c4ccccc4)c4ccccc4-6)c3)nc(-c3ccc4oc5ccccc5c4c3)n2)cc1. The third kappa shape index (κ3) is 5.33. The molecule has 0 N–H and O–H groups in total. The van der Waals surface area contributed by atoms with Crippen molar-refractivity contribution in [2.75, 3.05) is 0 Å².